The third-order valence-electron chi connectivity index (χ3n) is 5.24. The summed E-state index contributed by atoms with van der Waals surface area (Å²) < 4.78 is 11.6. The molecule has 0 fully saturated rings. The Labute approximate surface area is 172 Å². The number of hydrogen-bond donors (Lipinski definition) is 1. The van der Waals surface area contributed by atoms with Gasteiger partial charge in [0.15, 0.2) is 0 Å². The lowest BCUT2D eigenvalue weighted by Crippen LogP contribution is -2.21. The molecule has 0 aliphatic rings. The summed E-state index contributed by atoms with van der Waals surface area (Å²) in [4.78, 5) is 12.2. The third kappa shape index (κ3) is 4.07. The summed E-state index contributed by atoms with van der Waals surface area (Å²) in [6.07, 6.45) is 4.35. The molecule has 152 valence electrons. The molecule has 3 aromatic rings. The van der Waals surface area contributed by atoms with Crippen molar-refractivity contribution in [2.75, 3.05) is 13.7 Å². The number of rotatable bonds is 6. The highest BCUT2D eigenvalue weighted by Gasteiger charge is 2.19. The van der Waals surface area contributed by atoms with E-state index in [4.69, 9.17) is 9.15 Å². The van der Waals surface area contributed by atoms with Crippen molar-refractivity contribution in [2.45, 2.75) is 41.0 Å². The quantitative estimate of drug-likeness (QED) is 0.527. The largest absolute Gasteiger partial charge is 0.496 e. The molecule has 1 N–H and O–H groups in total. The average Bonchev–Trinajstić information content (AvgIpc) is 3.10. The zero-order chi connectivity index (χ0) is 21.1. The highest BCUT2D eigenvalue weighted by Crippen LogP contribution is 2.41. The molecule has 29 heavy (non-hydrogen) atoms. The van der Waals surface area contributed by atoms with Gasteiger partial charge in [0.25, 0.3) is 0 Å². The van der Waals surface area contributed by atoms with Crippen LogP contribution in [-0.4, -0.2) is 19.6 Å². The fourth-order valence-corrected chi connectivity index (χ4v) is 3.77. The van der Waals surface area contributed by atoms with E-state index in [1.807, 2.05) is 27.0 Å². The molecule has 4 heteroatoms. The Morgan fingerprint density at radius 3 is 2.59 bits per heavy atom. The zero-order valence-electron chi connectivity index (χ0n) is 18.1. The summed E-state index contributed by atoms with van der Waals surface area (Å²) in [5.41, 5.74) is 8.12. The van der Waals surface area contributed by atoms with Crippen LogP contribution in [0.2, 0.25) is 0 Å². The van der Waals surface area contributed by atoms with Crippen molar-refractivity contribution in [3.05, 3.63) is 58.9 Å². The Morgan fingerprint density at radius 1 is 1.17 bits per heavy atom. The van der Waals surface area contributed by atoms with Gasteiger partial charge in [-0.2, -0.15) is 0 Å². The maximum atomic E-state index is 12.2. The molecule has 3 rings (SSSR count). The lowest BCUT2D eigenvalue weighted by atomic mass is 9.94. The number of allylic oxidation sites excluding steroid dienone is 1. The van der Waals surface area contributed by atoms with Gasteiger partial charge in [-0.05, 0) is 56.9 Å². The van der Waals surface area contributed by atoms with E-state index >= 15 is 0 Å². The second-order valence-electron chi connectivity index (χ2n) is 7.55. The predicted molar refractivity (Wildman–Crippen MR) is 119 cm³/mol. The number of aryl methyl sites for hydroxylation is 3. The van der Waals surface area contributed by atoms with E-state index in [2.05, 4.69) is 43.4 Å². The van der Waals surface area contributed by atoms with E-state index in [0.717, 1.165) is 51.0 Å². The number of methoxy groups -OCH3 is 1. The van der Waals surface area contributed by atoms with E-state index in [9.17, 15) is 4.79 Å². The molecular formula is C25H29NO3. The summed E-state index contributed by atoms with van der Waals surface area (Å²) in [5, 5.41) is 3.91. The smallest absolute Gasteiger partial charge is 0.244 e. The molecule has 0 bridgehead atoms. The van der Waals surface area contributed by atoms with Crippen molar-refractivity contribution in [3.63, 3.8) is 0 Å². The lowest BCUT2D eigenvalue weighted by Gasteiger charge is -2.14. The second kappa shape index (κ2) is 8.56. The first-order valence-electron chi connectivity index (χ1n) is 10.00. The van der Waals surface area contributed by atoms with Crippen molar-refractivity contribution in [2.24, 2.45) is 0 Å². The first-order valence-corrected chi connectivity index (χ1v) is 10.00. The average molecular weight is 392 g/mol. The first kappa shape index (κ1) is 20.7. The van der Waals surface area contributed by atoms with Crippen LogP contribution in [0.1, 0.15) is 42.5 Å². The van der Waals surface area contributed by atoms with Crippen LogP contribution >= 0.6 is 0 Å². The SMILES string of the molecule is CCCNC(=O)/C=C(\C)c1cc2c(-c3ccc(C)cc3C)coc2c(C)c1OC. The lowest BCUT2D eigenvalue weighted by molar-refractivity contribution is -0.116. The molecule has 0 unspecified atom stereocenters. The topological polar surface area (TPSA) is 51.5 Å². The van der Waals surface area contributed by atoms with E-state index in [0.29, 0.717) is 6.54 Å². The molecular weight excluding hydrogens is 362 g/mol. The summed E-state index contributed by atoms with van der Waals surface area (Å²) in [7, 11) is 1.65. The van der Waals surface area contributed by atoms with Gasteiger partial charge in [0, 0.05) is 34.7 Å². The number of carbonyl (C=O) groups is 1. The molecule has 0 atom stereocenters. The van der Waals surface area contributed by atoms with Gasteiger partial charge in [0.2, 0.25) is 5.91 Å². The normalized spacial score (nSPS) is 11.7. The Hall–Kier alpha value is -3.01. The molecule has 1 heterocycles. The van der Waals surface area contributed by atoms with E-state index in [1.54, 1.807) is 13.2 Å². The minimum absolute atomic E-state index is 0.0917. The van der Waals surface area contributed by atoms with Gasteiger partial charge in [-0.15, -0.1) is 0 Å². The standard InChI is InChI=1S/C25H29NO3/c1-7-10-26-23(27)12-17(4)20-13-21-22(19-9-8-15(2)11-16(19)3)14-29-25(21)18(5)24(20)28-6/h8-9,11-14H,7,10H2,1-6H3,(H,26,27)/b17-12+. The Morgan fingerprint density at radius 2 is 1.93 bits per heavy atom. The van der Waals surface area contributed by atoms with Crippen molar-refractivity contribution in [3.8, 4) is 16.9 Å². The number of ether oxygens (including phenoxy) is 1. The van der Waals surface area contributed by atoms with Gasteiger partial charge >= 0.3 is 0 Å². The number of nitrogens with one attached hydrogen (secondary N) is 1. The van der Waals surface area contributed by atoms with Gasteiger partial charge in [-0.1, -0.05) is 30.7 Å². The van der Waals surface area contributed by atoms with E-state index < -0.39 is 0 Å². The highest BCUT2D eigenvalue weighted by atomic mass is 16.5. The number of benzene rings is 2. The molecule has 0 radical (unpaired) electrons. The molecule has 4 nitrogen and oxygen atoms in total. The van der Waals surface area contributed by atoms with Crippen LogP contribution in [0.3, 0.4) is 0 Å². The van der Waals surface area contributed by atoms with Gasteiger partial charge < -0.3 is 14.5 Å². The minimum atomic E-state index is -0.0917. The molecule has 0 saturated heterocycles. The number of amides is 1. The summed E-state index contributed by atoms with van der Waals surface area (Å²) in [6.45, 7) is 10.8. The molecule has 1 amide bonds. The van der Waals surface area contributed by atoms with Crippen LogP contribution in [0.4, 0.5) is 0 Å². The second-order valence-corrected chi connectivity index (χ2v) is 7.55. The van der Waals surface area contributed by atoms with Crippen molar-refractivity contribution >= 4 is 22.4 Å². The Balaban J connectivity index is 2.18. The Bertz CT molecular complexity index is 1090. The van der Waals surface area contributed by atoms with Crippen LogP contribution in [0.15, 0.2) is 41.0 Å². The number of furan rings is 1. The summed E-state index contributed by atoms with van der Waals surface area (Å²) in [6, 6.07) is 8.49. The maximum absolute atomic E-state index is 12.2. The first-order chi connectivity index (χ1) is 13.9. The molecule has 2 aromatic carbocycles. The predicted octanol–water partition coefficient (Wildman–Crippen LogP) is 5.96. The fourth-order valence-electron chi connectivity index (χ4n) is 3.77. The van der Waals surface area contributed by atoms with Crippen molar-refractivity contribution in [1.29, 1.82) is 0 Å². The molecule has 1 aromatic heterocycles. The summed E-state index contributed by atoms with van der Waals surface area (Å²) >= 11 is 0. The van der Waals surface area contributed by atoms with Crippen molar-refractivity contribution in [1.82, 2.24) is 5.32 Å². The third-order valence-corrected chi connectivity index (χ3v) is 5.24. The molecule has 0 spiro atoms. The van der Waals surface area contributed by atoms with Crippen molar-refractivity contribution < 1.29 is 13.9 Å². The molecule has 0 aliphatic heterocycles. The molecule has 0 aliphatic carbocycles. The molecule has 0 saturated carbocycles. The van der Waals surface area contributed by atoms with Crippen LogP contribution in [-0.2, 0) is 4.79 Å². The number of carbonyl (C=O) groups excluding carboxylic acids is 1. The van der Waals surface area contributed by atoms with Crippen LogP contribution in [0.25, 0.3) is 27.7 Å². The Kier molecular flexibility index (Phi) is 6.12. The minimum Gasteiger partial charge on any atom is -0.496 e. The number of fused-ring (bicyclic) bond motifs is 1. The summed E-state index contributed by atoms with van der Waals surface area (Å²) in [5.74, 6) is 0.641. The van der Waals surface area contributed by atoms with Gasteiger partial charge in [-0.3, -0.25) is 4.79 Å². The monoisotopic (exact) mass is 391 g/mol. The van der Waals surface area contributed by atoms with Gasteiger partial charge in [-0.25, -0.2) is 0 Å². The zero-order valence-corrected chi connectivity index (χ0v) is 18.1. The van der Waals surface area contributed by atoms with Crippen LogP contribution in [0.5, 0.6) is 5.75 Å². The number of hydrogen-bond acceptors (Lipinski definition) is 3. The highest BCUT2D eigenvalue weighted by molar-refractivity contribution is 6.02. The van der Waals surface area contributed by atoms with Gasteiger partial charge in [0.05, 0.1) is 13.4 Å². The van der Waals surface area contributed by atoms with E-state index in [1.165, 1.54) is 11.1 Å². The van der Waals surface area contributed by atoms with Crippen LogP contribution < -0.4 is 10.1 Å². The van der Waals surface area contributed by atoms with Crippen LogP contribution in [0, 0.1) is 20.8 Å². The van der Waals surface area contributed by atoms with Gasteiger partial charge in [0.1, 0.15) is 11.3 Å². The fraction of sp³-hybridized carbons (Fsp3) is 0.320. The van der Waals surface area contributed by atoms with E-state index in [-0.39, 0.29) is 5.91 Å². The maximum Gasteiger partial charge on any atom is 0.244 e.